The van der Waals surface area contributed by atoms with Crippen LogP contribution in [0.3, 0.4) is 0 Å². The molecule has 1 heterocycles. The number of carbonyl (C=O) groups excluding carboxylic acids is 1. The minimum atomic E-state index is -0.0684. The van der Waals surface area contributed by atoms with Gasteiger partial charge in [0.15, 0.2) is 0 Å². The van der Waals surface area contributed by atoms with Gasteiger partial charge in [-0.1, -0.05) is 48.0 Å². The molecule has 34 heavy (non-hydrogen) atoms. The highest BCUT2D eigenvalue weighted by Gasteiger charge is 2.07. The van der Waals surface area contributed by atoms with E-state index in [9.17, 15) is 4.79 Å². The second-order valence-electron chi connectivity index (χ2n) is 7.71. The van der Waals surface area contributed by atoms with E-state index in [1.165, 1.54) is 0 Å². The van der Waals surface area contributed by atoms with Crippen LogP contribution in [-0.4, -0.2) is 22.5 Å². The summed E-state index contributed by atoms with van der Waals surface area (Å²) in [5, 5.41) is 6.91. The summed E-state index contributed by atoms with van der Waals surface area (Å²) in [5.41, 5.74) is 3.40. The van der Waals surface area contributed by atoms with Crippen molar-refractivity contribution in [1.29, 1.82) is 0 Å². The lowest BCUT2D eigenvalue weighted by Crippen LogP contribution is -2.13. The molecule has 0 radical (unpaired) electrons. The molecule has 0 aliphatic carbocycles. The van der Waals surface area contributed by atoms with Gasteiger partial charge in [0.2, 0.25) is 5.91 Å². The number of halogens is 1. The Kier molecular flexibility index (Phi) is 7.73. The van der Waals surface area contributed by atoms with E-state index in [0.717, 1.165) is 22.7 Å². The zero-order chi connectivity index (χ0) is 23.8. The number of aryl methyl sites for hydroxylation is 1. The van der Waals surface area contributed by atoms with E-state index in [1.807, 2.05) is 79.7 Å². The van der Waals surface area contributed by atoms with Crippen molar-refractivity contribution in [2.45, 2.75) is 19.8 Å². The number of benzene rings is 3. The second kappa shape index (κ2) is 11.3. The maximum absolute atomic E-state index is 12.4. The number of anilines is 3. The molecule has 0 saturated heterocycles. The van der Waals surface area contributed by atoms with Crippen LogP contribution in [0, 0.1) is 6.92 Å². The summed E-state index contributed by atoms with van der Waals surface area (Å²) in [4.78, 5) is 21.4. The van der Waals surface area contributed by atoms with Gasteiger partial charge in [-0.25, -0.2) is 9.97 Å². The molecule has 6 nitrogen and oxygen atoms in total. The zero-order valence-electron chi connectivity index (χ0n) is 18.8. The van der Waals surface area contributed by atoms with Crippen molar-refractivity contribution in [2.75, 3.05) is 17.2 Å². The van der Waals surface area contributed by atoms with Gasteiger partial charge in [0.05, 0.1) is 12.3 Å². The molecule has 4 rings (SSSR count). The quantitative estimate of drug-likeness (QED) is 0.267. The van der Waals surface area contributed by atoms with Crippen LogP contribution in [0.5, 0.6) is 5.75 Å². The average Bonchev–Trinajstić information content (AvgIpc) is 2.83. The average molecular weight is 473 g/mol. The van der Waals surface area contributed by atoms with E-state index >= 15 is 0 Å². The first kappa shape index (κ1) is 23.3. The van der Waals surface area contributed by atoms with Crippen molar-refractivity contribution in [2.24, 2.45) is 0 Å². The highest BCUT2D eigenvalue weighted by Crippen LogP contribution is 2.23. The third-order valence-electron chi connectivity index (χ3n) is 4.96. The van der Waals surface area contributed by atoms with Crippen LogP contribution < -0.4 is 15.4 Å². The molecule has 0 spiro atoms. The molecule has 1 amide bonds. The van der Waals surface area contributed by atoms with Crippen molar-refractivity contribution in [1.82, 2.24) is 9.97 Å². The molecule has 0 atom stereocenters. The third-order valence-corrected chi connectivity index (χ3v) is 5.21. The highest BCUT2D eigenvalue weighted by molar-refractivity contribution is 6.30. The molecule has 0 bridgehead atoms. The van der Waals surface area contributed by atoms with E-state index in [0.29, 0.717) is 41.8 Å². The molecule has 0 aliphatic rings. The highest BCUT2D eigenvalue weighted by atomic mass is 35.5. The van der Waals surface area contributed by atoms with Crippen molar-refractivity contribution < 1.29 is 9.53 Å². The number of nitrogens with one attached hydrogen (secondary N) is 2. The molecule has 0 aliphatic heterocycles. The normalized spacial score (nSPS) is 10.5. The Bertz CT molecular complexity index is 1250. The number of hydrogen-bond donors (Lipinski definition) is 2. The first-order valence-corrected chi connectivity index (χ1v) is 11.4. The maximum atomic E-state index is 12.4. The Morgan fingerprint density at radius 3 is 2.47 bits per heavy atom. The van der Waals surface area contributed by atoms with Gasteiger partial charge in [-0.05, 0) is 55.8 Å². The number of aromatic nitrogens is 2. The lowest BCUT2D eigenvalue weighted by Gasteiger charge is -2.11. The van der Waals surface area contributed by atoms with E-state index < -0.39 is 0 Å². The van der Waals surface area contributed by atoms with Crippen LogP contribution >= 0.6 is 11.6 Å². The van der Waals surface area contributed by atoms with Gasteiger partial charge < -0.3 is 15.4 Å². The molecular weight excluding hydrogens is 448 g/mol. The van der Waals surface area contributed by atoms with Crippen LogP contribution in [-0.2, 0) is 4.79 Å². The fourth-order valence-corrected chi connectivity index (χ4v) is 3.51. The minimum absolute atomic E-state index is 0.0684. The number of carbonyl (C=O) groups is 1. The van der Waals surface area contributed by atoms with E-state index in [4.69, 9.17) is 16.3 Å². The largest absolute Gasteiger partial charge is 0.494 e. The lowest BCUT2D eigenvalue weighted by molar-refractivity contribution is -0.116. The van der Waals surface area contributed by atoms with E-state index in [-0.39, 0.29) is 5.91 Å². The number of rotatable bonds is 9. The van der Waals surface area contributed by atoms with Crippen molar-refractivity contribution in [3.8, 4) is 17.0 Å². The van der Waals surface area contributed by atoms with Crippen LogP contribution in [0.2, 0.25) is 5.02 Å². The van der Waals surface area contributed by atoms with Crippen molar-refractivity contribution in [3.05, 3.63) is 95.8 Å². The molecule has 0 unspecified atom stereocenters. The fourth-order valence-electron chi connectivity index (χ4n) is 3.39. The molecule has 0 fully saturated rings. The maximum Gasteiger partial charge on any atom is 0.224 e. The summed E-state index contributed by atoms with van der Waals surface area (Å²) in [6, 6.07) is 26.6. The van der Waals surface area contributed by atoms with Gasteiger partial charge in [-0.3, -0.25) is 4.79 Å². The van der Waals surface area contributed by atoms with Crippen LogP contribution in [0.4, 0.5) is 17.2 Å². The zero-order valence-corrected chi connectivity index (χ0v) is 19.5. The molecule has 3 aromatic carbocycles. The second-order valence-corrected chi connectivity index (χ2v) is 8.15. The summed E-state index contributed by atoms with van der Waals surface area (Å²) in [6.07, 6.45) is 0.964. The number of amides is 1. The summed E-state index contributed by atoms with van der Waals surface area (Å²) < 4.78 is 5.64. The van der Waals surface area contributed by atoms with Gasteiger partial charge in [-0.2, -0.15) is 0 Å². The number of ether oxygens (including phenoxy) is 1. The first-order valence-electron chi connectivity index (χ1n) is 11.0. The summed E-state index contributed by atoms with van der Waals surface area (Å²) >= 11 is 5.87. The number of nitrogens with zero attached hydrogens (tertiary/aromatic N) is 2. The summed E-state index contributed by atoms with van der Waals surface area (Å²) in [7, 11) is 0. The molecule has 7 heteroatoms. The summed E-state index contributed by atoms with van der Waals surface area (Å²) in [6.45, 7) is 2.32. The Morgan fingerprint density at radius 2 is 1.68 bits per heavy atom. The minimum Gasteiger partial charge on any atom is -0.494 e. The van der Waals surface area contributed by atoms with Crippen molar-refractivity contribution in [3.63, 3.8) is 0 Å². The predicted octanol–water partition coefficient (Wildman–Crippen LogP) is 6.65. The fraction of sp³-hybridized carbons (Fsp3) is 0.148. The predicted molar refractivity (Wildman–Crippen MR) is 137 cm³/mol. The first-order chi connectivity index (χ1) is 16.5. The lowest BCUT2D eigenvalue weighted by atomic mass is 10.1. The van der Waals surface area contributed by atoms with Gasteiger partial charge in [-0.15, -0.1) is 0 Å². The Labute approximate surface area is 204 Å². The van der Waals surface area contributed by atoms with Gasteiger partial charge >= 0.3 is 0 Å². The van der Waals surface area contributed by atoms with E-state index in [2.05, 4.69) is 20.6 Å². The third kappa shape index (κ3) is 6.80. The van der Waals surface area contributed by atoms with Gasteiger partial charge in [0.25, 0.3) is 0 Å². The molecule has 0 saturated carbocycles. The molecule has 1 aromatic heterocycles. The smallest absolute Gasteiger partial charge is 0.224 e. The topological polar surface area (TPSA) is 76.1 Å². The Hall–Kier alpha value is -3.90. The molecular formula is C27H25ClN4O2. The van der Waals surface area contributed by atoms with Crippen LogP contribution in [0.15, 0.2) is 84.9 Å². The molecule has 2 N–H and O–H groups in total. The standard InChI is InChI=1S/C27H25ClN4O2/c1-19-29-25(20-7-3-2-4-8-20)18-26(30-19)31-22-9-5-10-23(17-22)32-27(33)11-6-16-34-24-14-12-21(28)13-15-24/h2-5,7-10,12-15,17-18H,6,11,16H2,1H3,(H,32,33)(H,29,30,31). The number of hydrogen-bond acceptors (Lipinski definition) is 5. The SMILES string of the molecule is Cc1nc(Nc2cccc(NC(=O)CCCOc3ccc(Cl)cc3)c2)cc(-c2ccccc2)n1. The molecule has 4 aromatic rings. The molecule has 172 valence electrons. The van der Waals surface area contributed by atoms with Crippen LogP contribution in [0.25, 0.3) is 11.3 Å². The van der Waals surface area contributed by atoms with Gasteiger partial charge in [0.1, 0.15) is 17.4 Å². The van der Waals surface area contributed by atoms with Gasteiger partial charge in [0, 0.05) is 34.4 Å². The Morgan fingerprint density at radius 1 is 0.912 bits per heavy atom. The summed E-state index contributed by atoms with van der Waals surface area (Å²) in [5.74, 6) is 2.03. The van der Waals surface area contributed by atoms with Crippen molar-refractivity contribution >= 4 is 34.7 Å². The Balaban J connectivity index is 1.32. The van der Waals surface area contributed by atoms with Crippen LogP contribution in [0.1, 0.15) is 18.7 Å². The van der Waals surface area contributed by atoms with E-state index in [1.54, 1.807) is 12.1 Å². The monoisotopic (exact) mass is 472 g/mol.